The van der Waals surface area contributed by atoms with E-state index in [4.69, 9.17) is 0 Å². The van der Waals surface area contributed by atoms with Gasteiger partial charge in [-0.25, -0.2) is 0 Å². The first-order valence-corrected chi connectivity index (χ1v) is 10.6. The van der Waals surface area contributed by atoms with Gasteiger partial charge in [0.2, 0.25) is 0 Å². The zero-order chi connectivity index (χ0) is 22.1. The van der Waals surface area contributed by atoms with E-state index in [2.05, 4.69) is 13.8 Å². The normalized spacial score (nSPS) is 31.2. The molecule has 2 N–H and O–H groups in total. The van der Waals surface area contributed by atoms with E-state index < -0.39 is 30.0 Å². The second-order valence-corrected chi connectivity index (χ2v) is 9.97. The number of aliphatic hydroxyl groups is 2. The van der Waals surface area contributed by atoms with Gasteiger partial charge in [-0.05, 0) is 61.9 Å². The first-order valence-electron chi connectivity index (χ1n) is 10.6. The van der Waals surface area contributed by atoms with Crippen molar-refractivity contribution in [2.24, 2.45) is 28.6 Å². The van der Waals surface area contributed by atoms with E-state index in [0.29, 0.717) is 31.3 Å². The van der Waals surface area contributed by atoms with E-state index in [1.807, 2.05) is 13.8 Å². The molecular weight excluding hydrogens is 372 g/mol. The van der Waals surface area contributed by atoms with Gasteiger partial charge in [0.1, 0.15) is 6.10 Å². The lowest BCUT2D eigenvalue weighted by Gasteiger charge is -2.58. The Bertz CT molecular complexity index is 706. The summed E-state index contributed by atoms with van der Waals surface area (Å²) in [6.45, 7) is 9.32. The summed E-state index contributed by atoms with van der Waals surface area (Å²) >= 11 is 0. The molecule has 2 rings (SSSR count). The number of carboxylic acid groups (broad SMARTS) is 1. The molecule has 2 unspecified atom stereocenters. The van der Waals surface area contributed by atoms with Gasteiger partial charge in [0.05, 0.1) is 6.61 Å². The van der Waals surface area contributed by atoms with E-state index >= 15 is 0 Å². The molecule has 0 spiro atoms. The molecule has 5 atom stereocenters. The lowest BCUT2D eigenvalue weighted by molar-refractivity contribution is -0.306. The third-order valence-electron chi connectivity index (χ3n) is 7.63. The van der Waals surface area contributed by atoms with Crippen LogP contribution in [0.2, 0.25) is 0 Å². The van der Waals surface area contributed by atoms with Crippen LogP contribution in [0.15, 0.2) is 11.1 Å². The lowest BCUT2D eigenvalue weighted by atomic mass is 9.45. The van der Waals surface area contributed by atoms with Gasteiger partial charge in [-0.15, -0.1) is 0 Å². The van der Waals surface area contributed by atoms with Gasteiger partial charge in [-0.2, -0.15) is 0 Å². The number of rotatable bonds is 8. The summed E-state index contributed by atoms with van der Waals surface area (Å²) in [6, 6.07) is 0. The van der Waals surface area contributed by atoms with E-state index in [-0.39, 0.29) is 35.2 Å². The molecule has 0 radical (unpaired) electrons. The van der Waals surface area contributed by atoms with Crippen molar-refractivity contribution in [2.45, 2.75) is 79.2 Å². The number of carbonyl (C=O) groups is 3. The van der Waals surface area contributed by atoms with Gasteiger partial charge >= 0.3 is 0 Å². The van der Waals surface area contributed by atoms with Gasteiger partial charge in [-0.1, -0.05) is 33.3 Å². The van der Waals surface area contributed by atoms with Crippen molar-refractivity contribution in [3.8, 4) is 0 Å². The molecule has 2 aliphatic carbocycles. The molecule has 164 valence electrons. The van der Waals surface area contributed by atoms with Gasteiger partial charge in [0, 0.05) is 23.7 Å². The minimum Gasteiger partial charge on any atom is -0.550 e. The summed E-state index contributed by atoms with van der Waals surface area (Å²) in [5, 5.41) is 30.3. The number of hydrogen-bond acceptors (Lipinski definition) is 6. The monoisotopic (exact) mass is 407 g/mol. The molecule has 1 saturated carbocycles. The third-order valence-corrected chi connectivity index (χ3v) is 7.63. The number of aliphatic carboxylic acids is 1. The van der Waals surface area contributed by atoms with Crippen molar-refractivity contribution < 1.29 is 29.7 Å². The highest BCUT2D eigenvalue weighted by molar-refractivity contribution is 5.98. The van der Waals surface area contributed by atoms with Crippen molar-refractivity contribution in [1.82, 2.24) is 0 Å². The summed E-state index contributed by atoms with van der Waals surface area (Å²) in [5.74, 6) is -2.00. The quantitative estimate of drug-likeness (QED) is 0.634. The first-order chi connectivity index (χ1) is 13.4. The average Bonchev–Trinajstić information content (AvgIpc) is 2.62. The standard InChI is InChI=1S/C23H36O6/c1-13(10-20(27)28)6-7-15-14(2)17(25)11-19-22(3,4)9-8-16(23(15,19)5)21(29)18(26)12-24/h13,16,18-19,24,26H,6-12H2,1-5H3,(H,27,28)/p-1/t13-,16?,18?,19-,23-/m0/s1. The predicted octanol–water partition coefficient (Wildman–Crippen LogP) is 1.81. The van der Waals surface area contributed by atoms with Gasteiger partial charge in [0.25, 0.3) is 0 Å². The van der Waals surface area contributed by atoms with E-state index in [1.54, 1.807) is 6.92 Å². The Hall–Kier alpha value is -1.53. The maximum atomic E-state index is 13.0. The van der Waals surface area contributed by atoms with Crippen LogP contribution in [0.25, 0.3) is 0 Å². The maximum Gasteiger partial charge on any atom is 0.167 e. The Morgan fingerprint density at radius 1 is 1.28 bits per heavy atom. The van der Waals surface area contributed by atoms with E-state index in [0.717, 1.165) is 12.0 Å². The highest BCUT2D eigenvalue weighted by Gasteiger charge is 2.58. The third kappa shape index (κ3) is 4.48. The highest BCUT2D eigenvalue weighted by atomic mass is 16.4. The summed E-state index contributed by atoms with van der Waals surface area (Å²) in [4.78, 5) is 36.8. The Morgan fingerprint density at radius 2 is 1.90 bits per heavy atom. The van der Waals surface area contributed by atoms with Crippen molar-refractivity contribution in [3.05, 3.63) is 11.1 Å². The fraction of sp³-hybridized carbons (Fsp3) is 0.783. The number of aliphatic hydroxyl groups excluding tert-OH is 2. The van der Waals surface area contributed by atoms with Crippen LogP contribution in [-0.4, -0.2) is 40.5 Å². The molecule has 2 aliphatic rings. The van der Waals surface area contributed by atoms with Crippen molar-refractivity contribution in [1.29, 1.82) is 0 Å². The van der Waals surface area contributed by atoms with Crippen LogP contribution in [0.3, 0.4) is 0 Å². The number of ketones is 2. The SMILES string of the molecule is CC1=C(CC[C@H](C)CC(=O)[O-])[C@@]2(C)C(C(=O)C(O)CO)CCC(C)(C)[C@@H]2CC1=O. The lowest BCUT2D eigenvalue weighted by Crippen LogP contribution is -2.55. The van der Waals surface area contributed by atoms with Crippen LogP contribution < -0.4 is 5.11 Å². The van der Waals surface area contributed by atoms with E-state index in [1.165, 1.54) is 0 Å². The Balaban J connectivity index is 2.49. The molecule has 1 fully saturated rings. The van der Waals surface area contributed by atoms with Gasteiger partial charge in [-0.3, -0.25) is 9.59 Å². The zero-order valence-corrected chi connectivity index (χ0v) is 18.3. The number of carboxylic acids is 1. The van der Waals surface area contributed by atoms with Crippen LogP contribution >= 0.6 is 0 Å². The molecule has 0 amide bonds. The van der Waals surface area contributed by atoms with Gasteiger partial charge < -0.3 is 20.1 Å². The molecule has 6 nitrogen and oxygen atoms in total. The molecule has 0 aromatic heterocycles. The highest BCUT2D eigenvalue weighted by Crippen LogP contribution is 2.62. The Morgan fingerprint density at radius 3 is 2.45 bits per heavy atom. The first kappa shape index (κ1) is 23.7. The maximum absolute atomic E-state index is 13.0. The smallest absolute Gasteiger partial charge is 0.167 e. The molecule has 6 heteroatoms. The predicted molar refractivity (Wildman–Crippen MR) is 107 cm³/mol. The second-order valence-electron chi connectivity index (χ2n) is 9.97. The summed E-state index contributed by atoms with van der Waals surface area (Å²) in [6.07, 6.45) is 1.38. The largest absolute Gasteiger partial charge is 0.550 e. The van der Waals surface area contributed by atoms with Crippen LogP contribution in [0, 0.1) is 28.6 Å². The topological polar surface area (TPSA) is 115 Å². The fourth-order valence-electron chi connectivity index (χ4n) is 5.86. The molecule has 29 heavy (non-hydrogen) atoms. The number of allylic oxidation sites excluding steroid dienone is 2. The van der Waals surface area contributed by atoms with Crippen molar-refractivity contribution in [3.63, 3.8) is 0 Å². The number of fused-ring (bicyclic) bond motifs is 1. The van der Waals surface area contributed by atoms with Crippen LogP contribution in [0.4, 0.5) is 0 Å². The summed E-state index contributed by atoms with van der Waals surface area (Å²) in [5.41, 5.74) is 0.834. The second kappa shape index (κ2) is 8.68. The number of carbonyl (C=O) groups excluding carboxylic acids is 3. The molecule has 0 aliphatic heterocycles. The van der Waals surface area contributed by atoms with Crippen LogP contribution in [-0.2, 0) is 14.4 Å². The zero-order valence-electron chi connectivity index (χ0n) is 18.3. The number of Topliss-reactive ketones (excluding diaryl/α,β-unsaturated/α-hetero) is 2. The molecule has 0 aromatic carbocycles. The van der Waals surface area contributed by atoms with Crippen molar-refractivity contribution in [2.75, 3.05) is 6.61 Å². The molecule has 0 aromatic rings. The van der Waals surface area contributed by atoms with E-state index in [9.17, 15) is 29.7 Å². The summed E-state index contributed by atoms with van der Waals surface area (Å²) < 4.78 is 0. The Labute approximate surface area is 173 Å². The molecular formula is C23H35O6-. The molecule has 0 saturated heterocycles. The fourth-order valence-corrected chi connectivity index (χ4v) is 5.86. The molecule has 0 bridgehead atoms. The minimum absolute atomic E-state index is 0.0442. The Kier molecular flexibility index (Phi) is 7.11. The average molecular weight is 408 g/mol. The van der Waals surface area contributed by atoms with Crippen LogP contribution in [0.1, 0.15) is 73.1 Å². The minimum atomic E-state index is -1.42. The summed E-state index contributed by atoms with van der Waals surface area (Å²) in [7, 11) is 0. The molecule has 0 heterocycles. The van der Waals surface area contributed by atoms with Gasteiger partial charge in [0.15, 0.2) is 11.6 Å². The van der Waals surface area contributed by atoms with Crippen LogP contribution in [0.5, 0.6) is 0 Å². The number of hydrogen-bond donors (Lipinski definition) is 2. The van der Waals surface area contributed by atoms with Crippen molar-refractivity contribution >= 4 is 17.5 Å².